The molecule has 6 heteroatoms. The van der Waals surface area contributed by atoms with Crippen LogP contribution in [0.4, 0.5) is 0 Å². The highest BCUT2D eigenvalue weighted by molar-refractivity contribution is 5.92. The summed E-state index contributed by atoms with van der Waals surface area (Å²) in [4.78, 5) is 24.2. The van der Waals surface area contributed by atoms with Gasteiger partial charge < -0.3 is 19.5 Å². The molecule has 0 aliphatic heterocycles. The summed E-state index contributed by atoms with van der Waals surface area (Å²) in [5.74, 6) is 0.112. The van der Waals surface area contributed by atoms with Crippen LogP contribution in [0, 0.1) is 6.92 Å². The molecule has 0 radical (unpaired) electrons. The average molecular weight is 385 g/mol. The maximum atomic E-state index is 12.2. The summed E-state index contributed by atoms with van der Waals surface area (Å²) in [7, 11) is 0. The van der Waals surface area contributed by atoms with Gasteiger partial charge in [-0.25, -0.2) is 4.79 Å². The first-order chi connectivity index (χ1) is 13.5. The van der Waals surface area contributed by atoms with Crippen molar-refractivity contribution in [3.8, 4) is 11.5 Å². The molecule has 0 heterocycles. The van der Waals surface area contributed by atoms with Crippen molar-refractivity contribution in [1.29, 1.82) is 0 Å². The molecular weight excluding hydrogens is 358 g/mol. The summed E-state index contributed by atoms with van der Waals surface area (Å²) in [6, 6.07) is 12.7. The van der Waals surface area contributed by atoms with Crippen molar-refractivity contribution >= 4 is 11.9 Å². The lowest BCUT2D eigenvalue weighted by atomic mass is 10.1. The molecule has 0 unspecified atom stereocenters. The van der Waals surface area contributed by atoms with Gasteiger partial charge in [0.15, 0.2) is 18.1 Å². The summed E-state index contributed by atoms with van der Waals surface area (Å²) in [6.45, 7) is 6.91. The van der Waals surface area contributed by atoms with Crippen LogP contribution in [-0.4, -0.2) is 31.7 Å². The first-order valence-corrected chi connectivity index (χ1v) is 9.42. The first kappa shape index (κ1) is 21.3. The summed E-state index contributed by atoms with van der Waals surface area (Å²) in [6.07, 6.45) is 0.868. The highest BCUT2D eigenvalue weighted by Gasteiger charge is 2.14. The Morgan fingerprint density at radius 1 is 0.964 bits per heavy atom. The predicted molar refractivity (Wildman–Crippen MR) is 107 cm³/mol. The molecule has 2 aromatic carbocycles. The van der Waals surface area contributed by atoms with E-state index >= 15 is 0 Å². The third kappa shape index (κ3) is 6.61. The Kier molecular flexibility index (Phi) is 8.34. The molecule has 1 amide bonds. The molecule has 2 aromatic rings. The molecule has 0 spiro atoms. The molecule has 0 bridgehead atoms. The Balaban J connectivity index is 1.88. The van der Waals surface area contributed by atoms with Gasteiger partial charge >= 0.3 is 5.97 Å². The van der Waals surface area contributed by atoms with Gasteiger partial charge in [-0.05, 0) is 44.0 Å². The molecular formula is C22H27NO5. The monoisotopic (exact) mass is 385 g/mol. The van der Waals surface area contributed by atoms with E-state index in [2.05, 4.69) is 5.32 Å². The fraction of sp³-hybridized carbons (Fsp3) is 0.364. The Morgan fingerprint density at radius 3 is 2.39 bits per heavy atom. The minimum absolute atomic E-state index is 0.304. The van der Waals surface area contributed by atoms with E-state index in [4.69, 9.17) is 14.2 Å². The number of aryl methyl sites for hydroxylation is 1. The van der Waals surface area contributed by atoms with Crippen molar-refractivity contribution in [1.82, 2.24) is 5.32 Å². The van der Waals surface area contributed by atoms with Gasteiger partial charge in [-0.2, -0.15) is 0 Å². The van der Waals surface area contributed by atoms with Gasteiger partial charge in [0.25, 0.3) is 5.91 Å². The van der Waals surface area contributed by atoms with Crippen molar-refractivity contribution in [2.24, 2.45) is 0 Å². The van der Waals surface area contributed by atoms with E-state index in [0.717, 1.165) is 17.5 Å². The van der Waals surface area contributed by atoms with Crippen LogP contribution in [0.3, 0.4) is 0 Å². The molecule has 1 N–H and O–H groups in total. The van der Waals surface area contributed by atoms with Crippen LogP contribution >= 0.6 is 0 Å². The van der Waals surface area contributed by atoms with Gasteiger partial charge in [-0.15, -0.1) is 0 Å². The van der Waals surface area contributed by atoms with Crippen molar-refractivity contribution in [3.05, 3.63) is 59.2 Å². The fourth-order valence-electron chi connectivity index (χ4n) is 2.41. The zero-order chi connectivity index (χ0) is 20.4. The van der Waals surface area contributed by atoms with Gasteiger partial charge in [-0.3, -0.25) is 4.79 Å². The Hall–Kier alpha value is -3.02. The van der Waals surface area contributed by atoms with E-state index in [1.165, 1.54) is 0 Å². The van der Waals surface area contributed by atoms with E-state index < -0.39 is 5.97 Å². The molecule has 0 saturated carbocycles. The number of carbonyl (C=O) groups excluding carboxylic acids is 2. The fourth-order valence-corrected chi connectivity index (χ4v) is 2.41. The van der Waals surface area contributed by atoms with Crippen molar-refractivity contribution in [2.45, 2.75) is 33.7 Å². The Labute approximate surface area is 165 Å². The lowest BCUT2D eigenvalue weighted by Crippen LogP contribution is -2.28. The zero-order valence-corrected chi connectivity index (χ0v) is 16.6. The number of carbonyl (C=O) groups is 2. The minimum atomic E-state index is -0.589. The molecule has 0 aliphatic rings. The summed E-state index contributed by atoms with van der Waals surface area (Å²) < 4.78 is 16.3. The van der Waals surface area contributed by atoms with Crippen molar-refractivity contribution < 1.29 is 23.8 Å². The standard InChI is InChI=1S/C22H27NO5/c1-4-12-27-19-11-10-18(13-20(19)26-5-2)22(25)28-15-21(24)23-14-17-8-6-16(3)7-9-17/h6-11,13H,4-5,12,14-15H2,1-3H3,(H,23,24). The maximum Gasteiger partial charge on any atom is 0.338 e. The van der Waals surface area contributed by atoms with E-state index in [0.29, 0.717) is 36.8 Å². The van der Waals surface area contributed by atoms with Gasteiger partial charge in [0.1, 0.15) is 0 Å². The van der Waals surface area contributed by atoms with Crippen molar-refractivity contribution in [2.75, 3.05) is 19.8 Å². The first-order valence-electron chi connectivity index (χ1n) is 9.42. The predicted octanol–water partition coefficient (Wildman–Crippen LogP) is 3.66. The number of rotatable bonds is 10. The number of hydrogen-bond donors (Lipinski definition) is 1. The summed E-state index contributed by atoms with van der Waals surface area (Å²) >= 11 is 0. The summed E-state index contributed by atoms with van der Waals surface area (Å²) in [5.41, 5.74) is 2.44. The highest BCUT2D eigenvalue weighted by atomic mass is 16.5. The number of nitrogens with one attached hydrogen (secondary N) is 1. The molecule has 28 heavy (non-hydrogen) atoms. The molecule has 150 valence electrons. The second-order valence-electron chi connectivity index (χ2n) is 6.28. The van der Waals surface area contributed by atoms with Crippen molar-refractivity contribution in [3.63, 3.8) is 0 Å². The average Bonchev–Trinajstić information content (AvgIpc) is 2.70. The highest BCUT2D eigenvalue weighted by Crippen LogP contribution is 2.29. The topological polar surface area (TPSA) is 73.9 Å². The number of ether oxygens (including phenoxy) is 3. The quantitative estimate of drug-likeness (QED) is 0.632. The molecule has 0 fully saturated rings. The van der Waals surface area contributed by atoms with E-state index in [-0.39, 0.29) is 12.5 Å². The van der Waals surface area contributed by atoms with E-state index in [9.17, 15) is 9.59 Å². The molecule has 0 saturated heterocycles. The number of hydrogen-bond acceptors (Lipinski definition) is 5. The van der Waals surface area contributed by atoms with E-state index in [1.54, 1.807) is 18.2 Å². The second kappa shape index (κ2) is 11.0. The zero-order valence-electron chi connectivity index (χ0n) is 16.6. The number of benzene rings is 2. The molecule has 0 atom stereocenters. The SMILES string of the molecule is CCCOc1ccc(C(=O)OCC(=O)NCc2ccc(C)cc2)cc1OCC. The van der Waals surface area contributed by atoms with Crippen LogP contribution in [0.1, 0.15) is 41.8 Å². The molecule has 2 rings (SSSR count). The van der Waals surface area contributed by atoms with Gasteiger partial charge in [-0.1, -0.05) is 36.8 Å². The van der Waals surface area contributed by atoms with Crippen LogP contribution in [0.2, 0.25) is 0 Å². The third-order valence-corrected chi connectivity index (χ3v) is 3.89. The maximum absolute atomic E-state index is 12.2. The van der Waals surface area contributed by atoms with Crippen LogP contribution in [0.25, 0.3) is 0 Å². The second-order valence-corrected chi connectivity index (χ2v) is 6.28. The van der Waals surface area contributed by atoms with E-state index in [1.807, 2.05) is 45.0 Å². The lowest BCUT2D eigenvalue weighted by Gasteiger charge is -2.13. The van der Waals surface area contributed by atoms with Gasteiger partial charge in [0.05, 0.1) is 18.8 Å². The molecule has 0 aliphatic carbocycles. The third-order valence-electron chi connectivity index (χ3n) is 3.89. The minimum Gasteiger partial charge on any atom is -0.490 e. The Bertz CT molecular complexity index is 786. The Morgan fingerprint density at radius 2 is 1.71 bits per heavy atom. The lowest BCUT2D eigenvalue weighted by molar-refractivity contribution is -0.124. The largest absolute Gasteiger partial charge is 0.490 e. The van der Waals surface area contributed by atoms with Crippen LogP contribution in [-0.2, 0) is 16.1 Å². The van der Waals surface area contributed by atoms with Crippen LogP contribution in [0.15, 0.2) is 42.5 Å². The summed E-state index contributed by atoms with van der Waals surface area (Å²) in [5, 5.41) is 2.73. The number of amides is 1. The van der Waals surface area contributed by atoms with Gasteiger partial charge in [0.2, 0.25) is 0 Å². The molecule has 6 nitrogen and oxygen atoms in total. The smallest absolute Gasteiger partial charge is 0.338 e. The van der Waals surface area contributed by atoms with Crippen LogP contribution < -0.4 is 14.8 Å². The normalized spacial score (nSPS) is 10.2. The van der Waals surface area contributed by atoms with Gasteiger partial charge in [0, 0.05) is 6.54 Å². The number of esters is 1. The van der Waals surface area contributed by atoms with Crippen LogP contribution in [0.5, 0.6) is 11.5 Å². The molecule has 0 aromatic heterocycles.